The van der Waals surface area contributed by atoms with E-state index >= 15 is 0 Å². The number of ether oxygens (including phenoxy) is 1. The molecule has 3 unspecified atom stereocenters. The third-order valence-corrected chi connectivity index (χ3v) is 4.66. The van der Waals surface area contributed by atoms with Crippen molar-refractivity contribution in [3.63, 3.8) is 0 Å². The van der Waals surface area contributed by atoms with E-state index in [0.29, 0.717) is 12.5 Å². The summed E-state index contributed by atoms with van der Waals surface area (Å²) in [5.41, 5.74) is 0.422. The Hall–Kier alpha value is -1.61. The van der Waals surface area contributed by atoms with Crippen molar-refractivity contribution in [3.05, 3.63) is 48.0 Å². The molecule has 0 aromatic heterocycles. The minimum absolute atomic E-state index is 0.0109. The van der Waals surface area contributed by atoms with Crippen LogP contribution in [0.1, 0.15) is 32.3 Å². The number of hydrogen-bond donors (Lipinski definition) is 0. The summed E-state index contributed by atoms with van der Waals surface area (Å²) in [5, 5.41) is 0. The van der Waals surface area contributed by atoms with Gasteiger partial charge in [0.1, 0.15) is 5.41 Å². The lowest BCUT2D eigenvalue weighted by molar-refractivity contribution is -0.153. The van der Waals surface area contributed by atoms with Crippen LogP contribution in [0.4, 0.5) is 0 Å². The maximum Gasteiger partial charge on any atom is 0.318 e. The van der Waals surface area contributed by atoms with Gasteiger partial charge in [-0.05, 0) is 45.3 Å². The van der Waals surface area contributed by atoms with Gasteiger partial charge in [-0.15, -0.1) is 0 Å². The molecule has 1 aromatic rings. The number of rotatable bonds is 5. The lowest BCUT2D eigenvalue weighted by Crippen LogP contribution is -2.55. The molecule has 0 saturated heterocycles. The van der Waals surface area contributed by atoms with E-state index in [2.05, 4.69) is 36.1 Å². The van der Waals surface area contributed by atoms with Gasteiger partial charge >= 0.3 is 5.97 Å². The van der Waals surface area contributed by atoms with Crippen LogP contribution < -0.4 is 0 Å². The predicted molar refractivity (Wildman–Crippen MR) is 89.8 cm³/mol. The van der Waals surface area contributed by atoms with Crippen molar-refractivity contribution < 1.29 is 9.53 Å². The minimum atomic E-state index is -0.629. The summed E-state index contributed by atoms with van der Waals surface area (Å²) in [5.74, 6) is 0.295. The number of carbonyl (C=O) groups is 1. The molecule has 3 heteroatoms. The van der Waals surface area contributed by atoms with Gasteiger partial charge in [-0.1, -0.05) is 49.4 Å². The fourth-order valence-electron chi connectivity index (χ4n) is 3.53. The Morgan fingerprint density at radius 3 is 2.45 bits per heavy atom. The van der Waals surface area contributed by atoms with Crippen LogP contribution in [-0.4, -0.2) is 37.6 Å². The Morgan fingerprint density at radius 1 is 1.23 bits per heavy atom. The van der Waals surface area contributed by atoms with Crippen LogP contribution in [0.25, 0.3) is 0 Å². The predicted octanol–water partition coefficient (Wildman–Crippen LogP) is 3.40. The van der Waals surface area contributed by atoms with Crippen molar-refractivity contribution in [1.82, 2.24) is 4.90 Å². The van der Waals surface area contributed by atoms with Gasteiger partial charge in [0.25, 0.3) is 0 Å². The van der Waals surface area contributed by atoms with Crippen LogP contribution >= 0.6 is 0 Å². The first-order valence-corrected chi connectivity index (χ1v) is 8.13. The Labute approximate surface area is 134 Å². The van der Waals surface area contributed by atoms with E-state index in [0.717, 1.165) is 18.4 Å². The fraction of sp³-hybridized carbons (Fsp3) is 0.526. The molecule has 0 fully saturated rings. The number of benzene rings is 1. The maximum absolute atomic E-state index is 13.0. The Kier molecular flexibility index (Phi) is 5.41. The topological polar surface area (TPSA) is 29.5 Å². The highest BCUT2D eigenvalue weighted by atomic mass is 16.5. The quantitative estimate of drug-likeness (QED) is 0.616. The lowest BCUT2D eigenvalue weighted by atomic mass is 9.64. The first kappa shape index (κ1) is 16.8. The second kappa shape index (κ2) is 7.10. The number of esters is 1. The van der Waals surface area contributed by atoms with Crippen molar-refractivity contribution in [2.75, 3.05) is 20.7 Å². The van der Waals surface area contributed by atoms with Crippen molar-refractivity contribution in [3.8, 4) is 0 Å². The normalized spacial score (nSPS) is 27.9. The molecule has 0 radical (unpaired) electrons. The van der Waals surface area contributed by atoms with E-state index in [-0.39, 0.29) is 12.0 Å². The summed E-state index contributed by atoms with van der Waals surface area (Å²) in [4.78, 5) is 15.1. The molecule has 0 heterocycles. The number of hydrogen-bond acceptors (Lipinski definition) is 3. The molecule has 0 N–H and O–H groups in total. The Bertz CT molecular complexity index is 523. The zero-order valence-electron chi connectivity index (χ0n) is 14.1. The summed E-state index contributed by atoms with van der Waals surface area (Å²) in [6.45, 7) is 4.46. The third-order valence-electron chi connectivity index (χ3n) is 4.66. The standard InChI is InChI=1S/C19H27NO2/c1-5-15-12-13-17(20(3)4)19(14-15,18(21)22-6-2)16-10-8-7-9-11-16/h7-13,15,17H,5-6,14H2,1-4H3. The van der Waals surface area contributed by atoms with Crippen LogP contribution in [0.15, 0.2) is 42.5 Å². The number of likely N-dealkylation sites (N-methyl/N-ethyl adjacent to an activating group) is 1. The second-order valence-corrected chi connectivity index (χ2v) is 6.22. The summed E-state index contributed by atoms with van der Waals surface area (Å²) in [6, 6.07) is 10.1. The van der Waals surface area contributed by atoms with E-state index in [1.807, 2.05) is 39.2 Å². The summed E-state index contributed by atoms with van der Waals surface area (Å²) < 4.78 is 5.51. The Balaban J connectivity index is 2.59. The summed E-state index contributed by atoms with van der Waals surface area (Å²) >= 11 is 0. The molecule has 2 rings (SSSR count). The molecule has 3 atom stereocenters. The Morgan fingerprint density at radius 2 is 1.91 bits per heavy atom. The van der Waals surface area contributed by atoms with Gasteiger partial charge in [0, 0.05) is 6.04 Å². The van der Waals surface area contributed by atoms with Crippen molar-refractivity contribution in [1.29, 1.82) is 0 Å². The molecule has 1 aromatic carbocycles. The highest BCUT2D eigenvalue weighted by Gasteiger charge is 2.50. The van der Waals surface area contributed by atoms with Gasteiger partial charge in [0.15, 0.2) is 0 Å². The van der Waals surface area contributed by atoms with Gasteiger partial charge in [-0.25, -0.2) is 0 Å². The molecule has 22 heavy (non-hydrogen) atoms. The molecule has 0 spiro atoms. The zero-order valence-corrected chi connectivity index (χ0v) is 14.1. The summed E-state index contributed by atoms with van der Waals surface area (Å²) in [7, 11) is 4.05. The van der Waals surface area contributed by atoms with Crippen LogP contribution in [0.2, 0.25) is 0 Å². The number of nitrogens with zero attached hydrogens (tertiary/aromatic N) is 1. The molecule has 1 aliphatic rings. The average Bonchev–Trinajstić information content (AvgIpc) is 2.54. The first-order valence-electron chi connectivity index (χ1n) is 8.13. The average molecular weight is 301 g/mol. The minimum Gasteiger partial charge on any atom is -0.465 e. The second-order valence-electron chi connectivity index (χ2n) is 6.22. The largest absolute Gasteiger partial charge is 0.465 e. The van der Waals surface area contributed by atoms with Gasteiger partial charge < -0.3 is 9.64 Å². The van der Waals surface area contributed by atoms with E-state index in [1.165, 1.54) is 0 Å². The van der Waals surface area contributed by atoms with E-state index in [1.54, 1.807) is 0 Å². The van der Waals surface area contributed by atoms with Crippen LogP contribution in [0, 0.1) is 5.92 Å². The molecule has 0 bridgehead atoms. The molecule has 0 amide bonds. The molecule has 0 saturated carbocycles. The molecule has 1 aliphatic carbocycles. The van der Waals surface area contributed by atoms with Crippen LogP contribution in [0.5, 0.6) is 0 Å². The van der Waals surface area contributed by atoms with Gasteiger partial charge in [0.2, 0.25) is 0 Å². The molecule has 0 aliphatic heterocycles. The molecular weight excluding hydrogens is 274 g/mol. The highest BCUT2D eigenvalue weighted by Crippen LogP contribution is 2.42. The maximum atomic E-state index is 13.0. The van der Waals surface area contributed by atoms with E-state index in [9.17, 15) is 4.79 Å². The number of allylic oxidation sites excluding steroid dienone is 1. The van der Waals surface area contributed by atoms with Gasteiger partial charge in [-0.2, -0.15) is 0 Å². The van der Waals surface area contributed by atoms with Crippen molar-refractivity contribution in [2.24, 2.45) is 5.92 Å². The van der Waals surface area contributed by atoms with Crippen LogP contribution in [-0.2, 0) is 14.9 Å². The van der Waals surface area contributed by atoms with E-state index < -0.39 is 5.41 Å². The molecule has 120 valence electrons. The summed E-state index contributed by atoms with van der Waals surface area (Å²) in [6.07, 6.45) is 6.27. The van der Waals surface area contributed by atoms with Crippen molar-refractivity contribution in [2.45, 2.75) is 38.1 Å². The van der Waals surface area contributed by atoms with Crippen LogP contribution in [0.3, 0.4) is 0 Å². The fourth-order valence-corrected chi connectivity index (χ4v) is 3.53. The number of carbonyl (C=O) groups excluding carboxylic acids is 1. The monoisotopic (exact) mass is 301 g/mol. The lowest BCUT2D eigenvalue weighted by Gasteiger charge is -2.45. The zero-order chi connectivity index (χ0) is 16.2. The van der Waals surface area contributed by atoms with Gasteiger partial charge in [-0.3, -0.25) is 4.79 Å². The molecule has 3 nitrogen and oxygen atoms in total. The highest BCUT2D eigenvalue weighted by molar-refractivity contribution is 5.85. The first-order chi connectivity index (χ1) is 10.6. The van der Waals surface area contributed by atoms with E-state index in [4.69, 9.17) is 4.74 Å². The van der Waals surface area contributed by atoms with Gasteiger partial charge in [0.05, 0.1) is 6.61 Å². The third kappa shape index (κ3) is 2.95. The smallest absolute Gasteiger partial charge is 0.318 e. The van der Waals surface area contributed by atoms with Crippen molar-refractivity contribution >= 4 is 5.97 Å². The SMILES string of the molecule is CCOC(=O)C1(c2ccccc2)CC(CC)C=CC1N(C)C. The molecular formula is C19H27NO2.